The molecule has 5 rings (SSSR count). The van der Waals surface area contributed by atoms with E-state index in [9.17, 15) is 23.4 Å². The maximum absolute atomic E-state index is 13.1. The number of hydrogen-bond acceptors (Lipinski definition) is 10. The molecule has 0 radical (unpaired) electrons. The van der Waals surface area contributed by atoms with Gasteiger partial charge in [0, 0.05) is 35.7 Å². The molecule has 3 heterocycles. The zero-order chi connectivity index (χ0) is 27.0. The van der Waals surface area contributed by atoms with Crippen molar-refractivity contribution in [2.24, 2.45) is 0 Å². The Balaban J connectivity index is 1.54. The lowest BCUT2D eigenvalue weighted by molar-refractivity contribution is -0.00187. The standard InChI is InChI=1S/C25H25ClN4O7S/c1-29-7-6-16(22(12-29)36-8-9-38(34,35)30-14-27-13-28-30)23-18(31)10-19(32)24-20(33)11-21(37-25(23)24)15-4-2-3-5-17(15)26/h2-5,10-11,13-14,16,22,31-32H,6-9,12H2,1H3. The normalized spacial score (nSPS) is 18.7. The van der Waals surface area contributed by atoms with Gasteiger partial charge in [-0.25, -0.2) is 13.4 Å². The highest BCUT2D eigenvalue weighted by molar-refractivity contribution is 7.89. The molecule has 0 bridgehead atoms. The molecule has 1 aliphatic rings. The molecule has 1 saturated heterocycles. The number of aromatic nitrogens is 3. The maximum atomic E-state index is 13.1. The van der Waals surface area contributed by atoms with Crippen LogP contribution in [0.5, 0.6) is 11.5 Å². The third kappa shape index (κ3) is 4.99. The van der Waals surface area contributed by atoms with Crippen molar-refractivity contribution in [3.8, 4) is 22.8 Å². The van der Waals surface area contributed by atoms with Gasteiger partial charge in [-0.05, 0) is 32.1 Å². The van der Waals surface area contributed by atoms with Crippen LogP contribution in [-0.4, -0.2) is 76.3 Å². The Morgan fingerprint density at radius 2 is 2.00 bits per heavy atom. The number of phenols is 2. The van der Waals surface area contributed by atoms with Gasteiger partial charge < -0.3 is 24.3 Å². The van der Waals surface area contributed by atoms with E-state index in [0.717, 1.165) is 22.8 Å². The summed E-state index contributed by atoms with van der Waals surface area (Å²) < 4.78 is 38.0. The number of likely N-dealkylation sites (tertiary alicyclic amines) is 1. The molecular formula is C25H25ClN4O7S. The highest BCUT2D eigenvalue weighted by Crippen LogP contribution is 2.43. The lowest BCUT2D eigenvalue weighted by Gasteiger charge is -2.37. The van der Waals surface area contributed by atoms with Gasteiger partial charge in [0.15, 0.2) is 5.43 Å². The number of ether oxygens (including phenoxy) is 1. The summed E-state index contributed by atoms with van der Waals surface area (Å²) in [5, 5.41) is 25.5. The molecule has 0 saturated carbocycles. The van der Waals surface area contributed by atoms with Crippen LogP contribution in [0.3, 0.4) is 0 Å². The van der Waals surface area contributed by atoms with Crippen molar-refractivity contribution in [1.29, 1.82) is 0 Å². The highest BCUT2D eigenvalue weighted by atomic mass is 35.5. The van der Waals surface area contributed by atoms with Crippen LogP contribution < -0.4 is 5.43 Å². The van der Waals surface area contributed by atoms with Gasteiger partial charge in [0.25, 0.3) is 10.0 Å². The van der Waals surface area contributed by atoms with Gasteiger partial charge in [-0.1, -0.05) is 23.7 Å². The van der Waals surface area contributed by atoms with Crippen molar-refractivity contribution in [2.45, 2.75) is 18.4 Å². The number of hydrogen-bond donors (Lipinski definition) is 2. The topological polar surface area (TPSA) is 148 Å². The van der Waals surface area contributed by atoms with Gasteiger partial charge in [-0.2, -0.15) is 0 Å². The Kier molecular flexibility index (Phi) is 7.14. The number of aromatic hydroxyl groups is 2. The summed E-state index contributed by atoms with van der Waals surface area (Å²) in [7, 11) is -1.85. The van der Waals surface area contributed by atoms with E-state index in [-0.39, 0.29) is 34.8 Å². The smallest absolute Gasteiger partial charge is 0.257 e. The number of rotatable bonds is 7. The molecule has 2 N–H and O–H groups in total. The lowest BCUT2D eigenvalue weighted by Crippen LogP contribution is -2.43. The first-order valence-corrected chi connectivity index (χ1v) is 13.8. The Morgan fingerprint density at radius 1 is 1.21 bits per heavy atom. The van der Waals surface area contributed by atoms with E-state index in [1.54, 1.807) is 24.3 Å². The third-order valence-corrected chi connectivity index (χ3v) is 8.40. The van der Waals surface area contributed by atoms with E-state index in [4.69, 9.17) is 20.8 Å². The van der Waals surface area contributed by atoms with Crippen LogP contribution in [-0.2, 0) is 14.8 Å². The monoisotopic (exact) mass is 560 g/mol. The molecule has 13 heteroatoms. The molecule has 0 spiro atoms. The zero-order valence-corrected chi connectivity index (χ0v) is 21.9. The number of fused-ring (bicyclic) bond motifs is 1. The molecule has 0 aliphatic carbocycles. The SMILES string of the molecule is CN1CCC(c2c(O)cc(O)c3c(=O)cc(-c4ccccc4Cl)oc23)C(OCCS(=O)(=O)n2cncn2)C1. The van der Waals surface area contributed by atoms with Crippen LogP contribution in [0.4, 0.5) is 0 Å². The molecule has 11 nitrogen and oxygen atoms in total. The summed E-state index contributed by atoms with van der Waals surface area (Å²) in [5.74, 6) is -1.29. The zero-order valence-electron chi connectivity index (χ0n) is 20.3. The van der Waals surface area contributed by atoms with Gasteiger partial charge in [-0.15, -0.1) is 9.19 Å². The molecule has 0 amide bonds. The lowest BCUT2D eigenvalue weighted by atomic mass is 9.85. The largest absolute Gasteiger partial charge is 0.507 e. The fourth-order valence-corrected chi connectivity index (χ4v) is 5.89. The average Bonchev–Trinajstić information content (AvgIpc) is 3.41. The highest BCUT2D eigenvalue weighted by Gasteiger charge is 2.35. The molecule has 2 atom stereocenters. The van der Waals surface area contributed by atoms with E-state index in [1.807, 2.05) is 11.9 Å². The molecule has 200 valence electrons. The van der Waals surface area contributed by atoms with E-state index < -0.39 is 33.2 Å². The molecular weight excluding hydrogens is 536 g/mol. The van der Waals surface area contributed by atoms with Crippen LogP contribution in [0.25, 0.3) is 22.3 Å². The summed E-state index contributed by atoms with van der Waals surface area (Å²) in [5.41, 5.74) is 0.324. The second-order valence-corrected chi connectivity index (χ2v) is 11.5. The number of likely N-dealkylation sites (N-methyl/N-ethyl adjacent to an activating group) is 1. The molecule has 2 aromatic carbocycles. The van der Waals surface area contributed by atoms with Crippen molar-refractivity contribution in [2.75, 3.05) is 32.5 Å². The summed E-state index contributed by atoms with van der Waals surface area (Å²) in [4.78, 5) is 18.8. The van der Waals surface area contributed by atoms with Gasteiger partial charge in [0.05, 0.1) is 23.5 Å². The fraction of sp³-hybridized carbons (Fsp3) is 0.320. The second kappa shape index (κ2) is 10.4. The molecule has 4 aromatic rings. The van der Waals surface area contributed by atoms with Crippen LogP contribution in [0.15, 0.2) is 58.3 Å². The Labute approximate surface area is 222 Å². The fourth-order valence-electron chi connectivity index (χ4n) is 4.78. The van der Waals surface area contributed by atoms with Crippen LogP contribution >= 0.6 is 11.6 Å². The number of benzene rings is 2. The van der Waals surface area contributed by atoms with Crippen LogP contribution in [0, 0.1) is 0 Å². The van der Waals surface area contributed by atoms with E-state index in [0.29, 0.717) is 35.7 Å². The van der Waals surface area contributed by atoms with Crippen molar-refractivity contribution >= 4 is 32.6 Å². The van der Waals surface area contributed by atoms with Crippen molar-refractivity contribution in [3.05, 3.63) is 69.9 Å². The molecule has 1 aliphatic heterocycles. The van der Waals surface area contributed by atoms with Crippen LogP contribution in [0.2, 0.25) is 5.02 Å². The van der Waals surface area contributed by atoms with E-state index in [2.05, 4.69) is 10.1 Å². The minimum absolute atomic E-state index is 0.0308. The Hall–Kier alpha value is -3.45. The maximum Gasteiger partial charge on any atom is 0.257 e. The van der Waals surface area contributed by atoms with Crippen molar-refractivity contribution in [3.63, 3.8) is 0 Å². The Morgan fingerprint density at radius 3 is 2.74 bits per heavy atom. The number of phenolic OH excluding ortho intramolecular Hbond substituents is 2. The quantitative estimate of drug-likeness (QED) is 0.345. The first kappa shape index (κ1) is 26.2. The first-order valence-electron chi connectivity index (χ1n) is 11.8. The van der Waals surface area contributed by atoms with E-state index in [1.165, 1.54) is 6.07 Å². The summed E-state index contributed by atoms with van der Waals surface area (Å²) in [6.07, 6.45) is 2.21. The van der Waals surface area contributed by atoms with Crippen molar-refractivity contribution in [1.82, 2.24) is 19.1 Å². The third-order valence-electron chi connectivity index (χ3n) is 6.63. The molecule has 38 heavy (non-hydrogen) atoms. The molecule has 2 aromatic heterocycles. The predicted octanol–water partition coefficient (Wildman–Crippen LogP) is 2.80. The van der Waals surface area contributed by atoms with Gasteiger partial charge in [-0.3, -0.25) is 4.79 Å². The first-order chi connectivity index (χ1) is 18.2. The van der Waals surface area contributed by atoms with Crippen LogP contribution in [0.1, 0.15) is 17.9 Å². The van der Waals surface area contributed by atoms with Gasteiger partial charge in [0.2, 0.25) is 0 Å². The predicted molar refractivity (Wildman–Crippen MR) is 140 cm³/mol. The number of piperidine rings is 1. The summed E-state index contributed by atoms with van der Waals surface area (Å²) >= 11 is 6.34. The van der Waals surface area contributed by atoms with Gasteiger partial charge >= 0.3 is 0 Å². The number of halogens is 1. The summed E-state index contributed by atoms with van der Waals surface area (Å²) in [6.45, 7) is 0.950. The summed E-state index contributed by atoms with van der Waals surface area (Å²) in [6, 6.07) is 9.23. The minimum Gasteiger partial charge on any atom is -0.507 e. The second-order valence-electron chi connectivity index (χ2n) is 9.14. The molecule has 1 fully saturated rings. The minimum atomic E-state index is -3.76. The number of nitrogens with zero attached hydrogens (tertiary/aromatic N) is 4. The average molecular weight is 561 g/mol. The van der Waals surface area contributed by atoms with Crippen molar-refractivity contribution < 1.29 is 27.8 Å². The van der Waals surface area contributed by atoms with E-state index >= 15 is 0 Å². The molecule has 2 unspecified atom stereocenters. The Bertz CT molecular complexity index is 1640. The van der Waals surface area contributed by atoms with Gasteiger partial charge in [0.1, 0.15) is 40.9 Å².